The van der Waals surface area contributed by atoms with Crippen LogP contribution in [0.2, 0.25) is 0 Å². The van der Waals surface area contributed by atoms with E-state index in [4.69, 9.17) is 0 Å². The lowest BCUT2D eigenvalue weighted by atomic mass is 9.96. The van der Waals surface area contributed by atoms with Crippen molar-refractivity contribution in [3.8, 4) is 0 Å². The van der Waals surface area contributed by atoms with Gasteiger partial charge in [-0.3, -0.25) is 0 Å². The van der Waals surface area contributed by atoms with Crippen LogP contribution >= 0.6 is 0 Å². The highest BCUT2D eigenvalue weighted by Gasteiger charge is 2.19. The first-order valence-electron chi connectivity index (χ1n) is 6.22. The van der Waals surface area contributed by atoms with Crippen molar-refractivity contribution in [2.45, 2.75) is 57.8 Å². The molecule has 0 heterocycles. The Kier molecular flexibility index (Phi) is 7.14. The number of hydrogen-bond acceptors (Lipinski definition) is 3. The van der Waals surface area contributed by atoms with Crippen LogP contribution in [-0.2, 0) is 0 Å². The molecule has 1 unspecified atom stereocenters. The molecule has 0 saturated heterocycles. The topological polar surface area (TPSA) is 60.7 Å². The highest BCUT2D eigenvalue weighted by atomic mass is 16.3. The first kappa shape index (κ1) is 17.1. The third-order valence-electron chi connectivity index (χ3n) is 2.92. The van der Waals surface area contributed by atoms with Crippen LogP contribution in [0, 0.1) is 0 Å². The standard InChI is InChI=1S/C15H26O3/c1-6-15(5,18)10-13(16)9-12(4)7-8-14(17)11(2)3/h6,9,13-14,16-18H,1-2,7-8,10H2,3-5H3/b12-9+/t13-,14-,15?/m1/s1. The van der Waals surface area contributed by atoms with Gasteiger partial charge in [0.25, 0.3) is 0 Å². The summed E-state index contributed by atoms with van der Waals surface area (Å²) in [5.74, 6) is 0. The molecule has 0 amide bonds. The Balaban J connectivity index is 4.24. The summed E-state index contributed by atoms with van der Waals surface area (Å²) in [6.45, 7) is 12.5. The second-order valence-corrected chi connectivity index (χ2v) is 5.25. The van der Waals surface area contributed by atoms with Crippen molar-refractivity contribution in [1.82, 2.24) is 0 Å². The summed E-state index contributed by atoms with van der Waals surface area (Å²) >= 11 is 0. The van der Waals surface area contributed by atoms with Crippen LogP contribution < -0.4 is 0 Å². The van der Waals surface area contributed by atoms with Crippen molar-refractivity contribution in [2.24, 2.45) is 0 Å². The molecule has 0 aromatic carbocycles. The van der Waals surface area contributed by atoms with E-state index in [0.717, 1.165) is 11.1 Å². The average Bonchev–Trinajstić information content (AvgIpc) is 2.24. The van der Waals surface area contributed by atoms with Gasteiger partial charge in [0.05, 0.1) is 17.8 Å². The number of aliphatic hydroxyl groups excluding tert-OH is 2. The highest BCUT2D eigenvalue weighted by Crippen LogP contribution is 2.17. The van der Waals surface area contributed by atoms with E-state index < -0.39 is 17.8 Å². The van der Waals surface area contributed by atoms with Gasteiger partial charge in [0.15, 0.2) is 0 Å². The molecule has 3 heteroatoms. The summed E-state index contributed by atoms with van der Waals surface area (Å²) < 4.78 is 0. The molecule has 0 aromatic heterocycles. The quantitative estimate of drug-likeness (QED) is 0.583. The van der Waals surface area contributed by atoms with Gasteiger partial charge in [-0.1, -0.05) is 29.9 Å². The lowest BCUT2D eigenvalue weighted by Gasteiger charge is -2.21. The maximum absolute atomic E-state index is 9.80. The van der Waals surface area contributed by atoms with E-state index >= 15 is 0 Å². The molecule has 0 rings (SSSR count). The fourth-order valence-corrected chi connectivity index (χ4v) is 1.59. The third kappa shape index (κ3) is 7.43. The predicted molar refractivity (Wildman–Crippen MR) is 75.3 cm³/mol. The molecule has 0 radical (unpaired) electrons. The Morgan fingerprint density at radius 2 is 1.89 bits per heavy atom. The van der Waals surface area contributed by atoms with Crippen LogP contribution in [-0.4, -0.2) is 33.1 Å². The molecule has 0 spiro atoms. The van der Waals surface area contributed by atoms with Crippen molar-refractivity contribution in [3.05, 3.63) is 36.5 Å². The summed E-state index contributed by atoms with van der Waals surface area (Å²) in [6, 6.07) is 0. The first-order valence-corrected chi connectivity index (χ1v) is 6.22. The molecule has 0 bridgehead atoms. The SMILES string of the molecule is C=CC(C)(O)C[C@H](O)/C=C(\C)CC[C@@H](O)C(=C)C. The van der Waals surface area contributed by atoms with Gasteiger partial charge in [0.1, 0.15) is 0 Å². The van der Waals surface area contributed by atoms with Gasteiger partial charge in [-0.25, -0.2) is 0 Å². The van der Waals surface area contributed by atoms with Gasteiger partial charge in [0.2, 0.25) is 0 Å². The molecular formula is C15H26O3. The van der Waals surface area contributed by atoms with E-state index in [1.807, 2.05) is 6.92 Å². The van der Waals surface area contributed by atoms with E-state index in [1.54, 1.807) is 19.9 Å². The number of allylic oxidation sites excluding steroid dienone is 1. The van der Waals surface area contributed by atoms with Crippen molar-refractivity contribution >= 4 is 0 Å². The normalized spacial score (nSPS) is 18.9. The van der Waals surface area contributed by atoms with Crippen LogP contribution in [0.15, 0.2) is 36.5 Å². The first-order chi connectivity index (χ1) is 8.18. The second-order valence-electron chi connectivity index (χ2n) is 5.25. The molecule has 18 heavy (non-hydrogen) atoms. The van der Waals surface area contributed by atoms with Gasteiger partial charge < -0.3 is 15.3 Å². The minimum Gasteiger partial charge on any atom is -0.389 e. The lowest BCUT2D eigenvalue weighted by molar-refractivity contribution is 0.0573. The molecule has 0 fully saturated rings. The largest absolute Gasteiger partial charge is 0.389 e. The molecule has 3 nitrogen and oxygen atoms in total. The zero-order valence-corrected chi connectivity index (χ0v) is 11.7. The van der Waals surface area contributed by atoms with E-state index in [2.05, 4.69) is 13.2 Å². The Morgan fingerprint density at radius 3 is 2.33 bits per heavy atom. The predicted octanol–water partition coefficient (Wildman–Crippen LogP) is 2.34. The Bertz CT molecular complexity index is 316. The monoisotopic (exact) mass is 254 g/mol. The average molecular weight is 254 g/mol. The van der Waals surface area contributed by atoms with Gasteiger partial charge in [0, 0.05) is 6.42 Å². The minimum absolute atomic E-state index is 0.219. The molecule has 0 aliphatic carbocycles. The Labute approximate surface area is 110 Å². The van der Waals surface area contributed by atoms with E-state index in [1.165, 1.54) is 6.08 Å². The van der Waals surface area contributed by atoms with Crippen molar-refractivity contribution in [2.75, 3.05) is 0 Å². The van der Waals surface area contributed by atoms with Crippen LogP contribution in [0.1, 0.15) is 40.0 Å². The summed E-state index contributed by atoms with van der Waals surface area (Å²) in [4.78, 5) is 0. The fraction of sp³-hybridized carbons (Fsp3) is 0.600. The molecule has 0 saturated carbocycles. The van der Waals surface area contributed by atoms with Gasteiger partial charge in [-0.15, -0.1) is 6.58 Å². The molecule has 0 aromatic rings. The van der Waals surface area contributed by atoms with Crippen molar-refractivity contribution < 1.29 is 15.3 Å². The highest BCUT2D eigenvalue weighted by molar-refractivity contribution is 5.07. The van der Waals surface area contributed by atoms with Gasteiger partial charge in [-0.2, -0.15) is 0 Å². The van der Waals surface area contributed by atoms with Crippen LogP contribution in [0.5, 0.6) is 0 Å². The van der Waals surface area contributed by atoms with Crippen LogP contribution in [0.4, 0.5) is 0 Å². The Hall–Kier alpha value is -0.900. The number of hydrogen-bond donors (Lipinski definition) is 3. The second kappa shape index (κ2) is 7.52. The van der Waals surface area contributed by atoms with E-state index in [-0.39, 0.29) is 6.42 Å². The van der Waals surface area contributed by atoms with Crippen LogP contribution in [0.25, 0.3) is 0 Å². The maximum Gasteiger partial charge on any atom is 0.0824 e. The van der Waals surface area contributed by atoms with Gasteiger partial charge in [-0.05, 0) is 33.6 Å². The molecule has 3 atom stereocenters. The third-order valence-corrected chi connectivity index (χ3v) is 2.92. The van der Waals surface area contributed by atoms with E-state index in [0.29, 0.717) is 12.8 Å². The maximum atomic E-state index is 9.80. The molecule has 104 valence electrons. The number of rotatable bonds is 8. The summed E-state index contributed by atoms with van der Waals surface area (Å²) in [5.41, 5.74) is 0.675. The van der Waals surface area contributed by atoms with Crippen LogP contribution in [0.3, 0.4) is 0 Å². The summed E-state index contributed by atoms with van der Waals surface area (Å²) in [6.07, 6.45) is 3.44. The molecule has 0 aliphatic heterocycles. The van der Waals surface area contributed by atoms with Crippen molar-refractivity contribution in [3.63, 3.8) is 0 Å². The summed E-state index contributed by atoms with van der Waals surface area (Å²) in [7, 11) is 0. The smallest absolute Gasteiger partial charge is 0.0824 e. The minimum atomic E-state index is -1.06. The van der Waals surface area contributed by atoms with E-state index in [9.17, 15) is 15.3 Å². The Morgan fingerprint density at radius 1 is 1.33 bits per heavy atom. The fourth-order valence-electron chi connectivity index (χ4n) is 1.59. The van der Waals surface area contributed by atoms with Crippen molar-refractivity contribution in [1.29, 1.82) is 0 Å². The molecular weight excluding hydrogens is 228 g/mol. The lowest BCUT2D eigenvalue weighted by Crippen LogP contribution is -2.26. The summed E-state index contributed by atoms with van der Waals surface area (Å²) in [5, 5.41) is 29.1. The zero-order valence-electron chi connectivity index (χ0n) is 11.7. The van der Waals surface area contributed by atoms with Gasteiger partial charge >= 0.3 is 0 Å². The number of aliphatic hydroxyl groups is 3. The molecule has 0 aliphatic rings. The zero-order chi connectivity index (χ0) is 14.3. The molecule has 3 N–H and O–H groups in total.